The molecule has 0 spiro atoms. The van der Waals surface area contributed by atoms with Crippen LogP contribution in [0.15, 0.2) is 0 Å². The highest BCUT2D eigenvalue weighted by atomic mass is 15.2. The molecule has 2 N–H and O–H groups in total. The Labute approximate surface area is 114 Å². The summed E-state index contributed by atoms with van der Waals surface area (Å²) in [5.74, 6) is 1.59. The molecule has 1 saturated carbocycles. The Kier molecular flexibility index (Phi) is 7.20. The molecule has 0 saturated heterocycles. The van der Waals surface area contributed by atoms with Gasteiger partial charge in [-0.25, -0.2) is 0 Å². The zero-order chi connectivity index (χ0) is 13.5. The second-order valence-corrected chi connectivity index (χ2v) is 6.24. The van der Waals surface area contributed by atoms with E-state index >= 15 is 0 Å². The number of nitrogens with zero attached hydrogens (tertiary/aromatic N) is 2. The SMILES string of the molecule is CCN(CC1CCCCC1CN)C(C)CN(C)C. The molecule has 0 amide bonds. The number of nitrogens with two attached hydrogens (primary N) is 1. The Morgan fingerprint density at radius 3 is 2.28 bits per heavy atom. The van der Waals surface area contributed by atoms with Crippen molar-refractivity contribution in [3.63, 3.8) is 0 Å². The van der Waals surface area contributed by atoms with E-state index in [0.717, 1.165) is 31.5 Å². The zero-order valence-corrected chi connectivity index (χ0v) is 12.9. The molecule has 0 aromatic heterocycles. The molecule has 1 aliphatic carbocycles. The van der Waals surface area contributed by atoms with Gasteiger partial charge < -0.3 is 10.6 Å². The predicted octanol–water partition coefficient (Wildman–Crippen LogP) is 2.02. The third-order valence-electron chi connectivity index (χ3n) is 4.50. The number of likely N-dealkylation sites (N-methyl/N-ethyl adjacent to an activating group) is 2. The molecule has 3 atom stereocenters. The van der Waals surface area contributed by atoms with Crippen LogP contribution in [0.25, 0.3) is 0 Å². The minimum absolute atomic E-state index is 0.644. The lowest BCUT2D eigenvalue weighted by Gasteiger charge is -2.38. The van der Waals surface area contributed by atoms with Crippen LogP contribution in [0.2, 0.25) is 0 Å². The molecule has 3 heteroatoms. The summed E-state index contributed by atoms with van der Waals surface area (Å²) in [4.78, 5) is 4.92. The first-order chi connectivity index (χ1) is 8.58. The van der Waals surface area contributed by atoms with Gasteiger partial charge in [-0.1, -0.05) is 19.8 Å². The summed E-state index contributed by atoms with van der Waals surface area (Å²) in [5.41, 5.74) is 5.94. The van der Waals surface area contributed by atoms with Crippen LogP contribution in [0.3, 0.4) is 0 Å². The molecule has 0 bridgehead atoms. The molecular formula is C15H33N3. The largest absolute Gasteiger partial charge is 0.330 e. The zero-order valence-electron chi connectivity index (χ0n) is 12.9. The summed E-state index contributed by atoms with van der Waals surface area (Å²) < 4.78 is 0. The van der Waals surface area contributed by atoms with Crippen LogP contribution in [0.4, 0.5) is 0 Å². The first-order valence-corrected chi connectivity index (χ1v) is 7.67. The maximum atomic E-state index is 5.94. The summed E-state index contributed by atoms with van der Waals surface area (Å²) in [5, 5.41) is 0. The van der Waals surface area contributed by atoms with E-state index in [1.54, 1.807) is 0 Å². The summed E-state index contributed by atoms with van der Waals surface area (Å²) in [7, 11) is 4.32. The lowest BCUT2D eigenvalue weighted by atomic mass is 9.79. The van der Waals surface area contributed by atoms with Crippen molar-refractivity contribution in [2.24, 2.45) is 17.6 Å². The van der Waals surface area contributed by atoms with Gasteiger partial charge >= 0.3 is 0 Å². The predicted molar refractivity (Wildman–Crippen MR) is 79.8 cm³/mol. The molecule has 3 nitrogen and oxygen atoms in total. The van der Waals surface area contributed by atoms with E-state index in [4.69, 9.17) is 5.73 Å². The van der Waals surface area contributed by atoms with Crippen LogP contribution in [0.1, 0.15) is 39.5 Å². The second-order valence-electron chi connectivity index (χ2n) is 6.24. The maximum absolute atomic E-state index is 5.94. The van der Waals surface area contributed by atoms with Gasteiger partial charge in [0.15, 0.2) is 0 Å². The second kappa shape index (κ2) is 8.13. The molecular weight excluding hydrogens is 222 g/mol. The molecule has 0 radical (unpaired) electrons. The van der Waals surface area contributed by atoms with Crippen molar-refractivity contribution in [1.82, 2.24) is 9.80 Å². The fourth-order valence-corrected chi connectivity index (χ4v) is 3.40. The number of rotatable bonds is 7. The van der Waals surface area contributed by atoms with E-state index < -0.39 is 0 Å². The van der Waals surface area contributed by atoms with Gasteiger partial charge in [0, 0.05) is 19.1 Å². The maximum Gasteiger partial charge on any atom is 0.0194 e. The average molecular weight is 255 g/mol. The molecule has 1 fully saturated rings. The Balaban J connectivity index is 2.49. The molecule has 0 aromatic rings. The molecule has 0 heterocycles. The van der Waals surface area contributed by atoms with Crippen LogP contribution in [0.5, 0.6) is 0 Å². The van der Waals surface area contributed by atoms with E-state index in [1.165, 1.54) is 32.2 Å². The van der Waals surface area contributed by atoms with Crippen molar-refractivity contribution in [1.29, 1.82) is 0 Å². The Bertz CT molecular complexity index is 218. The highest BCUT2D eigenvalue weighted by Crippen LogP contribution is 2.30. The minimum atomic E-state index is 0.644. The van der Waals surface area contributed by atoms with Gasteiger partial charge in [-0.15, -0.1) is 0 Å². The summed E-state index contributed by atoms with van der Waals surface area (Å²) in [6.45, 7) is 9.06. The monoisotopic (exact) mass is 255 g/mol. The van der Waals surface area contributed by atoms with Crippen LogP contribution in [0, 0.1) is 11.8 Å². The third-order valence-corrected chi connectivity index (χ3v) is 4.50. The Morgan fingerprint density at radius 2 is 1.78 bits per heavy atom. The van der Waals surface area contributed by atoms with Gasteiger partial charge in [-0.3, -0.25) is 4.90 Å². The van der Waals surface area contributed by atoms with E-state index in [-0.39, 0.29) is 0 Å². The van der Waals surface area contributed by atoms with Crippen LogP contribution in [-0.4, -0.2) is 56.1 Å². The Hall–Kier alpha value is -0.120. The van der Waals surface area contributed by atoms with Crippen LogP contribution >= 0.6 is 0 Å². The van der Waals surface area contributed by atoms with Crippen molar-refractivity contribution < 1.29 is 0 Å². The van der Waals surface area contributed by atoms with Gasteiger partial charge in [0.25, 0.3) is 0 Å². The van der Waals surface area contributed by atoms with E-state index in [0.29, 0.717) is 6.04 Å². The molecule has 18 heavy (non-hydrogen) atoms. The first-order valence-electron chi connectivity index (χ1n) is 7.67. The quantitative estimate of drug-likeness (QED) is 0.755. The van der Waals surface area contributed by atoms with E-state index in [1.807, 2.05) is 0 Å². The molecule has 108 valence electrons. The highest BCUT2D eigenvalue weighted by Gasteiger charge is 2.26. The van der Waals surface area contributed by atoms with Crippen LogP contribution in [-0.2, 0) is 0 Å². The molecule has 1 aliphatic rings. The lowest BCUT2D eigenvalue weighted by molar-refractivity contribution is 0.115. The van der Waals surface area contributed by atoms with E-state index in [2.05, 4.69) is 37.7 Å². The Morgan fingerprint density at radius 1 is 1.17 bits per heavy atom. The standard InChI is InChI=1S/C15H33N3/c1-5-18(13(2)11-17(3)4)12-15-9-7-6-8-14(15)10-16/h13-15H,5-12,16H2,1-4H3. The van der Waals surface area contributed by atoms with Gasteiger partial charge in [0.05, 0.1) is 0 Å². The summed E-state index contributed by atoms with van der Waals surface area (Å²) in [6, 6.07) is 0.644. The fourth-order valence-electron chi connectivity index (χ4n) is 3.40. The molecule has 3 unspecified atom stereocenters. The van der Waals surface area contributed by atoms with Crippen molar-refractivity contribution in [2.75, 3.05) is 40.3 Å². The highest BCUT2D eigenvalue weighted by molar-refractivity contribution is 4.80. The normalized spacial score (nSPS) is 26.8. The third kappa shape index (κ3) is 4.87. The smallest absolute Gasteiger partial charge is 0.0194 e. The minimum Gasteiger partial charge on any atom is -0.330 e. The molecule has 0 aromatic carbocycles. The summed E-state index contributed by atoms with van der Waals surface area (Å²) in [6.07, 6.45) is 5.52. The molecule has 1 rings (SSSR count). The summed E-state index contributed by atoms with van der Waals surface area (Å²) >= 11 is 0. The van der Waals surface area contributed by atoms with Gasteiger partial charge in [-0.2, -0.15) is 0 Å². The van der Waals surface area contributed by atoms with Crippen molar-refractivity contribution in [3.8, 4) is 0 Å². The van der Waals surface area contributed by atoms with Crippen molar-refractivity contribution >= 4 is 0 Å². The first kappa shape index (κ1) is 15.9. The van der Waals surface area contributed by atoms with Gasteiger partial charge in [-0.05, 0) is 58.8 Å². The number of hydrogen-bond acceptors (Lipinski definition) is 3. The number of hydrogen-bond donors (Lipinski definition) is 1. The van der Waals surface area contributed by atoms with E-state index in [9.17, 15) is 0 Å². The average Bonchev–Trinajstić information content (AvgIpc) is 2.35. The lowest BCUT2D eigenvalue weighted by Crippen LogP contribution is -2.44. The molecule has 0 aliphatic heterocycles. The van der Waals surface area contributed by atoms with Crippen molar-refractivity contribution in [2.45, 2.75) is 45.6 Å². The van der Waals surface area contributed by atoms with Crippen LogP contribution < -0.4 is 5.73 Å². The topological polar surface area (TPSA) is 32.5 Å². The van der Waals surface area contributed by atoms with Crippen molar-refractivity contribution in [3.05, 3.63) is 0 Å². The van der Waals surface area contributed by atoms with Gasteiger partial charge in [0.1, 0.15) is 0 Å². The fraction of sp³-hybridized carbons (Fsp3) is 1.00. The van der Waals surface area contributed by atoms with Gasteiger partial charge in [0.2, 0.25) is 0 Å².